The highest BCUT2D eigenvalue weighted by Gasteiger charge is 2.15. The van der Waals surface area contributed by atoms with Gasteiger partial charge >= 0.3 is 11.5 Å². The zero-order valence-corrected chi connectivity index (χ0v) is 7.91. The van der Waals surface area contributed by atoms with E-state index in [2.05, 4.69) is 20.8 Å². The summed E-state index contributed by atoms with van der Waals surface area (Å²) in [6.45, 7) is 10.4. The van der Waals surface area contributed by atoms with Crippen LogP contribution in [0.5, 0.6) is 0 Å². The van der Waals surface area contributed by atoms with Crippen molar-refractivity contribution in [2.45, 2.75) is 34.6 Å². The smallest absolute Gasteiger partial charge is 0.218 e. The quantitative estimate of drug-likeness (QED) is 0.518. The molecule has 0 atom stereocenters. The summed E-state index contributed by atoms with van der Waals surface area (Å²) in [7, 11) is 0. The Balaban J connectivity index is 3.46. The molecular formula is C10H15O+. The normalized spacial score (nSPS) is 10.3. The molecule has 1 heteroatoms. The van der Waals surface area contributed by atoms with E-state index in [4.69, 9.17) is 4.42 Å². The first-order valence-corrected chi connectivity index (χ1v) is 3.91. The highest BCUT2D eigenvalue weighted by atomic mass is 16.3. The molecule has 60 valence electrons. The van der Waals surface area contributed by atoms with Gasteiger partial charge in [0, 0.05) is 0 Å². The maximum absolute atomic E-state index is 5.52. The fourth-order valence-electron chi connectivity index (χ4n) is 1.19. The molecule has 0 saturated carbocycles. The third-order valence-corrected chi connectivity index (χ3v) is 2.49. The Morgan fingerprint density at radius 3 is 1.36 bits per heavy atom. The highest BCUT2D eigenvalue weighted by Crippen LogP contribution is 2.19. The predicted molar refractivity (Wildman–Crippen MR) is 46.8 cm³/mol. The van der Waals surface area contributed by atoms with Gasteiger partial charge in [-0.15, -0.1) is 0 Å². The van der Waals surface area contributed by atoms with Crippen molar-refractivity contribution in [3.63, 3.8) is 0 Å². The van der Waals surface area contributed by atoms with E-state index in [1.807, 2.05) is 13.8 Å². The molecule has 1 aromatic rings. The van der Waals surface area contributed by atoms with Gasteiger partial charge in [-0.25, -0.2) is 4.42 Å². The van der Waals surface area contributed by atoms with Crippen molar-refractivity contribution in [3.05, 3.63) is 28.2 Å². The van der Waals surface area contributed by atoms with Crippen molar-refractivity contribution < 1.29 is 4.42 Å². The van der Waals surface area contributed by atoms with Crippen LogP contribution in [0.4, 0.5) is 0 Å². The first-order valence-electron chi connectivity index (χ1n) is 3.91. The third kappa shape index (κ3) is 1.28. The topological polar surface area (TPSA) is 11.3 Å². The van der Waals surface area contributed by atoms with E-state index in [9.17, 15) is 0 Å². The lowest BCUT2D eigenvalue weighted by Gasteiger charge is -1.99. The van der Waals surface area contributed by atoms with Gasteiger partial charge in [-0.1, -0.05) is 0 Å². The molecule has 0 amide bonds. The van der Waals surface area contributed by atoms with E-state index in [1.54, 1.807) is 0 Å². The molecule has 0 aliphatic heterocycles. The van der Waals surface area contributed by atoms with Crippen molar-refractivity contribution in [3.8, 4) is 0 Å². The summed E-state index contributed by atoms with van der Waals surface area (Å²) in [4.78, 5) is 0. The van der Waals surface area contributed by atoms with Crippen LogP contribution >= 0.6 is 0 Å². The van der Waals surface area contributed by atoms with Crippen molar-refractivity contribution >= 4 is 0 Å². The van der Waals surface area contributed by atoms with Crippen molar-refractivity contribution in [1.82, 2.24) is 0 Å². The average molecular weight is 151 g/mol. The van der Waals surface area contributed by atoms with E-state index in [0.29, 0.717) is 0 Å². The van der Waals surface area contributed by atoms with Gasteiger partial charge in [0.1, 0.15) is 0 Å². The van der Waals surface area contributed by atoms with Gasteiger partial charge in [-0.2, -0.15) is 0 Å². The van der Waals surface area contributed by atoms with Crippen LogP contribution in [0.1, 0.15) is 28.2 Å². The fourth-order valence-corrected chi connectivity index (χ4v) is 1.19. The largest absolute Gasteiger partial charge is 0.329 e. The molecule has 11 heavy (non-hydrogen) atoms. The molecule has 0 radical (unpaired) electrons. The van der Waals surface area contributed by atoms with Crippen LogP contribution in [0.2, 0.25) is 0 Å². The molecule has 0 unspecified atom stereocenters. The van der Waals surface area contributed by atoms with Crippen molar-refractivity contribution in [2.24, 2.45) is 0 Å². The summed E-state index contributed by atoms with van der Waals surface area (Å²) in [5.74, 6) is 2.07. The minimum atomic E-state index is 1.03. The van der Waals surface area contributed by atoms with E-state index < -0.39 is 0 Å². The maximum atomic E-state index is 5.52. The van der Waals surface area contributed by atoms with E-state index >= 15 is 0 Å². The lowest BCUT2D eigenvalue weighted by molar-refractivity contribution is 0.475. The molecule has 0 N–H and O–H groups in total. The summed E-state index contributed by atoms with van der Waals surface area (Å²) in [5.41, 5.74) is 3.90. The van der Waals surface area contributed by atoms with Crippen LogP contribution in [0.3, 0.4) is 0 Å². The van der Waals surface area contributed by atoms with E-state index in [-0.39, 0.29) is 0 Å². The monoisotopic (exact) mass is 151 g/mol. The van der Waals surface area contributed by atoms with E-state index in [0.717, 1.165) is 11.5 Å². The molecule has 1 nitrogen and oxygen atoms in total. The molecule has 0 aromatic carbocycles. The molecule has 0 saturated heterocycles. The Morgan fingerprint density at radius 1 is 0.636 bits per heavy atom. The van der Waals surface area contributed by atoms with Gasteiger partial charge in [-0.05, 0) is 26.3 Å². The number of rotatable bonds is 0. The average Bonchev–Trinajstić information content (AvgIpc) is 1.97. The number of aryl methyl sites for hydroxylation is 2. The van der Waals surface area contributed by atoms with Gasteiger partial charge < -0.3 is 0 Å². The SMILES string of the molecule is Cc1[o+]c(C)c(C)c(C)c1C. The zero-order valence-electron chi connectivity index (χ0n) is 7.91. The summed E-state index contributed by atoms with van der Waals surface area (Å²) in [5, 5.41) is 0. The molecule has 1 aromatic heterocycles. The molecule has 0 aliphatic rings. The first kappa shape index (κ1) is 8.25. The van der Waals surface area contributed by atoms with E-state index in [1.165, 1.54) is 16.7 Å². The Bertz CT molecular complexity index is 261. The fraction of sp³-hybridized carbons (Fsp3) is 0.500. The van der Waals surface area contributed by atoms with Gasteiger partial charge in [-0.3, -0.25) is 0 Å². The van der Waals surface area contributed by atoms with Crippen molar-refractivity contribution in [1.29, 1.82) is 0 Å². The van der Waals surface area contributed by atoms with Crippen LogP contribution in [0.15, 0.2) is 4.42 Å². The predicted octanol–water partition coefficient (Wildman–Crippen LogP) is 3.10. The minimum absolute atomic E-state index is 1.03. The molecule has 0 spiro atoms. The van der Waals surface area contributed by atoms with Gasteiger partial charge in [0.2, 0.25) is 0 Å². The molecule has 1 rings (SSSR count). The van der Waals surface area contributed by atoms with Crippen molar-refractivity contribution in [2.75, 3.05) is 0 Å². The molecular weight excluding hydrogens is 136 g/mol. The Labute approximate surface area is 68.1 Å². The first-order chi connectivity index (χ1) is 5.04. The molecule has 1 heterocycles. The summed E-state index contributed by atoms with van der Waals surface area (Å²) < 4.78 is 5.52. The highest BCUT2D eigenvalue weighted by molar-refractivity contribution is 5.34. The summed E-state index contributed by atoms with van der Waals surface area (Å²) in [6.07, 6.45) is 0. The molecule has 0 bridgehead atoms. The number of hydrogen-bond donors (Lipinski definition) is 0. The standard InChI is InChI=1S/C10H15O/c1-6-7(2)9(4)11-10(5)8(6)3/h1-5H3/q+1. The lowest BCUT2D eigenvalue weighted by Crippen LogP contribution is -1.93. The molecule has 0 aliphatic carbocycles. The van der Waals surface area contributed by atoms with Crippen LogP contribution in [-0.2, 0) is 0 Å². The minimum Gasteiger partial charge on any atom is -0.218 e. The number of hydrogen-bond acceptors (Lipinski definition) is 0. The van der Waals surface area contributed by atoms with Gasteiger partial charge in [0.05, 0.1) is 25.0 Å². The Morgan fingerprint density at radius 2 is 1.00 bits per heavy atom. The third-order valence-electron chi connectivity index (χ3n) is 2.49. The summed E-state index contributed by atoms with van der Waals surface area (Å²) >= 11 is 0. The lowest BCUT2D eigenvalue weighted by atomic mass is 10.0. The van der Waals surface area contributed by atoms with Gasteiger partial charge in [0.25, 0.3) is 0 Å². The second kappa shape index (κ2) is 2.65. The maximum Gasteiger partial charge on any atom is 0.329 e. The van der Waals surface area contributed by atoms with Crippen LogP contribution in [0.25, 0.3) is 0 Å². The second-order valence-corrected chi connectivity index (χ2v) is 3.09. The van der Waals surface area contributed by atoms with Gasteiger partial charge in [0.15, 0.2) is 0 Å². The van der Waals surface area contributed by atoms with Crippen LogP contribution < -0.4 is 0 Å². The summed E-state index contributed by atoms with van der Waals surface area (Å²) in [6, 6.07) is 0. The van der Waals surface area contributed by atoms with Crippen LogP contribution in [-0.4, -0.2) is 0 Å². The van der Waals surface area contributed by atoms with Crippen LogP contribution in [0, 0.1) is 34.6 Å². The Hall–Kier alpha value is -0.850. The zero-order chi connectivity index (χ0) is 8.59. The second-order valence-electron chi connectivity index (χ2n) is 3.09. The molecule has 0 fully saturated rings. The Kier molecular flexibility index (Phi) is 1.99.